The van der Waals surface area contributed by atoms with Crippen LogP contribution in [0.1, 0.15) is 25.3 Å². The molecule has 3 atom stereocenters. The van der Waals surface area contributed by atoms with Crippen LogP contribution in [-0.2, 0) is 10.7 Å². The number of carbonyl (C=O) groups is 1. The number of para-hydroxylation sites is 1. The summed E-state index contributed by atoms with van der Waals surface area (Å²) >= 11 is 0. The van der Waals surface area contributed by atoms with Crippen LogP contribution in [0, 0.1) is 11.8 Å². The molecule has 0 spiro atoms. The topological polar surface area (TPSA) is 55.6 Å². The van der Waals surface area contributed by atoms with Gasteiger partial charge in [-0.1, -0.05) is 12.1 Å². The Morgan fingerprint density at radius 2 is 2.09 bits per heavy atom. The van der Waals surface area contributed by atoms with E-state index in [0.29, 0.717) is 13.1 Å². The van der Waals surface area contributed by atoms with Crippen molar-refractivity contribution in [3.05, 3.63) is 29.8 Å². The SMILES string of the molecule is CCOc1ccccc1C(F)(F)C(=O)N1CC2CCC(N)C2C1. The number of ether oxygens (including phenoxy) is 1. The van der Waals surface area contributed by atoms with Crippen LogP contribution in [-0.4, -0.2) is 36.5 Å². The standard InChI is InChI=1S/C17H22F2N2O2/c1-2-23-15-6-4-3-5-13(15)17(18,19)16(22)21-9-11-7-8-14(20)12(11)10-21/h3-6,11-12,14H,2,7-10,20H2,1H3. The second kappa shape index (κ2) is 6.07. The number of hydrogen-bond donors (Lipinski definition) is 1. The predicted molar refractivity (Wildman–Crippen MR) is 82.3 cm³/mol. The number of rotatable bonds is 4. The Morgan fingerprint density at radius 1 is 1.35 bits per heavy atom. The van der Waals surface area contributed by atoms with Gasteiger partial charge in [0.25, 0.3) is 5.91 Å². The van der Waals surface area contributed by atoms with Crippen LogP contribution < -0.4 is 10.5 Å². The minimum Gasteiger partial charge on any atom is -0.493 e. The first-order valence-corrected chi connectivity index (χ1v) is 8.10. The average Bonchev–Trinajstić information content (AvgIpc) is 3.10. The van der Waals surface area contributed by atoms with E-state index in [0.717, 1.165) is 12.8 Å². The van der Waals surface area contributed by atoms with E-state index in [2.05, 4.69) is 0 Å². The van der Waals surface area contributed by atoms with E-state index in [1.165, 1.54) is 23.1 Å². The maximum Gasteiger partial charge on any atom is 0.353 e. The molecular formula is C17H22F2N2O2. The van der Waals surface area contributed by atoms with Gasteiger partial charge >= 0.3 is 5.92 Å². The first kappa shape index (κ1) is 16.2. The molecule has 1 heterocycles. The number of halogens is 2. The van der Waals surface area contributed by atoms with Crippen molar-refractivity contribution in [1.29, 1.82) is 0 Å². The lowest BCUT2D eigenvalue weighted by atomic mass is 9.98. The highest BCUT2D eigenvalue weighted by Gasteiger charge is 2.51. The molecule has 1 aliphatic heterocycles. The van der Waals surface area contributed by atoms with Gasteiger partial charge < -0.3 is 15.4 Å². The highest BCUT2D eigenvalue weighted by atomic mass is 19.3. The highest BCUT2D eigenvalue weighted by molar-refractivity contribution is 5.86. The average molecular weight is 324 g/mol. The van der Waals surface area contributed by atoms with Crippen LogP contribution in [0.15, 0.2) is 24.3 Å². The third kappa shape index (κ3) is 2.80. The van der Waals surface area contributed by atoms with E-state index in [4.69, 9.17) is 10.5 Å². The van der Waals surface area contributed by atoms with Crippen molar-refractivity contribution in [3.63, 3.8) is 0 Å². The number of alkyl halides is 2. The van der Waals surface area contributed by atoms with Crippen molar-refractivity contribution in [2.75, 3.05) is 19.7 Å². The molecule has 0 radical (unpaired) electrons. The summed E-state index contributed by atoms with van der Waals surface area (Å²) in [7, 11) is 0. The fourth-order valence-electron chi connectivity index (χ4n) is 3.79. The number of fused-ring (bicyclic) bond motifs is 1. The number of amides is 1. The third-order valence-corrected chi connectivity index (χ3v) is 4.99. The number of nitrogens with zero attached hydrogens (tertiary/aromatic N) is 1. The zero-order chi connectivity index (χ0) is 16.6. The molecule has 1 aromatic carbocycles. The Bertz CT molecular complexity index is 594. The van der Waals surface area contributed by atoms with Gasteiger partial charge in [0, 0.05) is 19.1 Å². The minimum atomic E-state index is -3.59. The molecule has 1 aliphatic carbocycles. The van der Waals surface area contributed by atoms with E-state index in [-0.39, 0.29) is 35.8 Å². The van der Waals surface area contributed by atoms with Crippen LogP contribution in [0.25, 0.3) is 0 Å². The van der Waals surface area contributed by atoms with Gasteiger partial charge in [-0.2, -0.15) is 8.78 Å². The molecule has 2 fully saturated rings. The van der Waals surface area contributed by atoms with Gasteiger partial charge in [-0.25, -0.2) is 0 Å². The zero-order valence-electron chi connectivity index (χ0n) is 13.2. The molecule has 126 valence electrons. The lowest BCUT2D eigenvalue weighted by Crippen LogP contribution is -2.42. The summed E-state index contributed by atoms with van der Waals surface area (Å²) in [6.07, 6.45) is 1.83. The molecule has 0 bridgehead atoms. The molecule has 0 aromatic heterocycles. The van der Waals surface area contributed by atoms with Crippen molar-refractivity contribution in [2.24, 2.45) is 17.6 Å². The van der Waals surface area contributed by atoms with Gasteiger partial charge in [0.1, 0.15) is 5.75 Å². The van der Waals surface area contributed by atoms with Crippen LogP contribution >= 0.6 is 0 Å². The molecule has 3 rings (SSSR count). The Labute approximate surface area is 134 Å². The van der Waals surface area contributed by atoms with Crippen molar-refractivity contribution in [1.82, 2.24) is 4.90 Å². The van der Waals surface area contributed by atoms with Gasteiger partial charge in [0.05, 0.1) is 12.2 Å². The second-order valence-electron chi connectivity index (χ2n) is 6.38. The third-order valence-electron chi connectivity index (χ3n) is 4.99. The number of benzene rings is 1. The quantitative estimate of drug-likeness (QED) is 0.925. The van der Waals surface area contributed by atoms with Gasteiger partial charge in [0.15, 0.2) is 0 Å². The molecule has 1 saturated carbocycles. The molecule has 23 heavy (non-hydrogen) atoms. The van der Waals surface area contributed by atoms with Gasteiger partial charge in [-0.3, -0.25) is 4.79 Å². The molecule has 2 aliphatic rings. The van der Waals surface area contributed by atoms with Gasteiger partial charge in [0.2, 0.25) is 0 Å². The highest BCUT2D eigenvalue weighted by Crippen LogP contribution is 2.41. The fourth-order valence-corrected chi connectivity index (χ4v) is 3.79. The monoisotopic (exact) mass is 324 g/mol. The van der Waals surface area contributed by atoms with E-state index in [1.807, 2.05) is 0 Å². The second-order valence-corrected chi connectivity index (χ2v) is 6.38. The number of carbonyl (C=O) groups excluding carboxylic acids is 1. The normalized spacial score (nSPS) is 27.1. The first-order valence-electron chi connectivity index (χ1n) is 8.10. The van der Waals surface area contributed by atoms with Crippen LogP contribution in [0.2, 0.25) is 0 Å². The zero-order valence-corrected chi connectivity index (χ0v) is 13.2. The Kier molecular flexibility index (Phi) is 4.27. The van der Waals surface area contributed by atoms with E-state index >= 15 is 0 Å². The minimum absolute atomic E-state index is 0.0159. The summed E-state index contributed by atoms with van der Waals surface area (Å²) in [5, 5.41) is 0. The summed E-state index contributed by atoms with van der Waals surface area (Å²) in [5.41, 5.74) is 5.65. The molecule has 1 saturated heterocycles. The van der Waals surface area contributed by atoms with Crippen molar-refractivity contribution in [2.45, 2.75) is 31.7 Å². The summed E-state index contributed by atoms with van der Waals surface area (Å²) in [6, 6.07) is 5.85. The lowest BCUT2D eigenvalue weighted by Gasteiger charge is -2.25. The summed E-state index contributed by atoms with van der Waals surface area (Å²) in [5.74, 6) is -4.27. The van der Waals surface area contributed by atoms with E-state index in [1.54, 1.807) is 13.0 Å². The molecule has 1 amide bonds. The first-order chi connectivity index (χ1) is 10.9. The van der Waals surface area contributed by atoms with E-state index in [9.17, 15) is 13.6 Å². The van der Waals surface area contributed by atoms with Crippen LogP contribution in [0.4, 0.5) is 8.78 Å². The Balaban J connectivity index is 1.81. The molecular weight excluding hydrogens is 302 g/mol. The Morgan fingerprint density at radius 3 is 2.78 bits per heavy atom. The van der Waals surface area contributed by atoms with Gasteiger partial charge in [-0.15, -0.1) is 0 Å². The maximum absolute atomic E-state index is 14.8. The Hall–Kier alpha value is -1.69. The molecule has 6 heteroatoms. The van der Waals surface area contributed by atoms with Crippen molar-refractivity contribution < 1.29 is 18.3 Å². The molecule has 2 N–H and O–H groups in total. The summed E-state index contributed by atoms with van der Waals surface area (Å²) < 4.78 is 34.8. The number of nitrogens with two attached hydrogens (primary N) is 1. The van der Waals surface area contributed by atoms with Gasteiger partial charge in [-0.05, 0) is 43.7 Å². The summed E-state index contributed by atoms with van der Waals surface area (Å²) in [6.45, 7) is 2.70. The molecule has 4 nitrogen and oxygen atoms in total. The fraction of sp³-hybridized carbons (Fsp3) is 0.588. The van der Waals surface area contributed by atoms with Crippen molar-refractivity contribution >= 4 is 5.91 Å². The van der Waals surface area contributed by atoms with E-state index < -0.39 is 11.8 Å². The number of hydrogen-bond acceptors (Lipinski definition) is 3. The lowest BCUT2D eigenvalue weighted by molar-refractivity contribution is -0.158. The van der Waals surface area contributed by atoms with Crippen LogP contribution in [0.5, 0.6) is 5.75 Å². The smallest absolute Gasteiger partial charge is 0.353 e. The predicted octanol–water partition coefficient (Wildman–Crippen LogP) is 2.37. The maximum atomic E-state index is 14.8. The van der Waals surface area contributed by atoms with Crippen molar-refractivity contribution in [3.8, 4) is 5.75 Å². The summed E-state index contributed by atoms with van der Waals surface area (Å²) in [4.78, 5) is 13.7. The molecule has 1 aromatic rings. The largest absolute Gasteiger partial charge is 0.493 e. The molecule has 3 unspecified atom stereocenters. The van der Waals surface area contributed by atoms with Crippen LogP contribution in [0.3, 0.4) is 0 Å². The number of likely N-dealkylation sites (tertiary alicyclic amines) is 1.